The number of hydrogen-bond donors (Lipinski definition) is 1. The highest BCUT2D eigenvalue weighted by Crippen LogP contribution is 2.27. The Kier molecular flexibility index (Phi) is 6.71. The van der Waals surface area contributed by atoms with Gasteiger partial charge in [-0.25, -0.2) is 0 Å². The molecular weight excluding hydrogens is 257 g/mol. The summed E-state index contributed by atoms with van der Waals surface area (Å²) in [5, 5.41) is 4.65. The maximum Gasteiger partial charge on any atom is 0.139 e. The van der Waals surface area contributed by atoms with E-state index < -0.39 is 0 Å². The average Bonchev–Trinajstić information content (AvgIpc) is 2.33. The van der Waals surface area contributed by atoms with Crippen molar-refractivity contribution in [3.8, 4) is 5.75 Å². The van der Waals surface area contributed by atoms with Crippen LogP contribution in [0, 0.1) is 0 Å². The summed E-state index contributed by atoms with van der Waals surface area (Å²) in [7, 11) is 0. The first-order valence-electron chi connectivity index (χ1n) is 5.98. The maximum absolute atomic E-state index is 5.99. The van der Waals surface area contributed by atoms with Crippen LogP contribution in [0.15, 0.2) is 18.2 Å². The van der Waals surface area contributed by atoms with Gasteiger partial charge in [-0.2, -0.15) is 0 Å². The molecular formula is C13H19Cl2NO. The Morgan fingerprint density at radius 2 is 1.94 bits per heavy atom. The van der Waals surface area contributed by atoms with Crippen molar-refractivity contribution in [2.24, 2.45) is 0 Å². The number of nitrogens with one attached hydrogen (secondary N) is 1. The molecule has 0 aliphatic heterocycles. The molecule has 1 aromatic rings. The first kappa shape index (κ1) is 14.6. The third kappa shape index (κ3) is 5.15. The number of ether oxygens (including phenoxy) is 1. The van der Waals surface area contributed by atoms with Gasteiger partial charge in [0.1, 0.15) is 12.4 Å². The quantitative estimate of drug-likeness (QED) is 0.755. The second-order valence-electron chi connectivity index (χ2n) is 3.89. The Balaban J connectivity index is 2.33. The predicted molar refractivity (Wildman–Crippen MR) is 74.3 cm³/mol. The van der Waals surface area contributed by atoms with Gasteiger partial charge in [-0.3, -0.25) is 0 Å². The van der Waals surface area contributed by atoms with Crippen LogP contribution in [0.4, 0.5) is 0 Å². The van der Waals surface area contributed by atoms with Crippen LogP contribution in [0.3, 0.4) is 0 Å². The van der Waals surface area contributed by atoms with E-state index in [0.717, 1.165) is 19.4 Å². The SMILES string of the molecule is CCC(CC)NCCOc1cc(Cl)ccc1Cl. The summed E-state index contributed by atoms with van der Waals surface area (Å²) < 4.78 is 5.58. The van der Waals surface area contributed by atoms with E-state index in [-0.39, 0.29) is 0 Å². The molecule has 0 fully saturated rings. The van der Waals surface area contributed by atoms with E-state index in [9.17, 15) is 0 Å². The lowest BCUT2D eigenvalue weighted by Crippen LogP contribution is -2.31. The van der Waals surface area contributed by atoms with Gasteiger partial charge in [0.2, 0.25) is 0 Å². The van der Waals surface area contributed by atoms with E-state index in [2.05, 4.69) is 19.2 Å². The molecule has 0 atom stereocenters. The summed E-state index contributed by atoms with van der Waals surface area (Å²) in [4.78, 5) is 0. The molecule has 0 saturated carbocycles. The molecule has 0 aromatic heterocycles. The van der Waals surface area contributed by atoms with Gasteiger partial charge in [0, 0.05) is 23.7 Å². The lowest BCUT2D eigenvalue weighted by molar-refractivity contribution is 0.302. The monoisotopic (exact) mass is 275 g/mol. The van der Waals surface area contributed by atoms with Crippen molar-refractivity contribution in [2.45, 2.75) is 32.7 Å². The summed E-state index contributed by atoms with van der Waals surface area (Å²) >= 11 is 11.9. The molecule has 17 heavy (non-hydrogen) atoms. The fraction of sp³-hybridized carbons (Fsp3) is 0.538. The minimum absolute atomic E-state index is 0.563. The predicted octanol–water partition coefficient (Wildman–Crippen LogP) is 4.15. The molecule has 0 aliphatic carbocycles. The van der Waals surface area contributed by atoms with Gasteiger partial charge in [-0.15, -0.1) is 0 Å². The van der Waals surface area contributed by atoms with Crippen LogP contribution in [-0.4, -0.2) is 19.2 Å². The van der Waals surface area contributed by atoms with Crippen LogP contribution in [-0.2, 0) is 0 Å². The van der Waals surface area contributed by atoms with Crippen LogP contribution in [0.1, 0.15) is 26.7 Å². The Hall–Kier alpha value is -0.440. The van der Waals surface area contributed by atoms with E-state index in [0.29, 0.717) is 28.4 Å². The molecule has 0 heterocycles. The topological polar surface area (TPSA) is 21.3 Å². The molecule has 2 nitrogen and oxygen atoms in total. The Labute approximate surface area is 113 Å². The molecule has 0 amide bonds. The standard InChI is InChI=1S/C13H19Cl2NO/c1-3-11(4-2)16-7-8-17-13-9-10(14)5-6-12(13)15/h5-6,9,11,16H,3-4,7-8H2,1-2H3. The molecule has 0 radical (unpaired) electrons. The van der Waals surface area contributed by atoms with Crippen LogP contribution in [0.25, 0.3) is 0 Å². The van der Waals surface area contributed by atoms with Crippen molar-refractivity contribution in [3.63, 3.8) is 0 Å². The van der Waals surface area contributed by atoms with Crippen molar-refractivity contribution in [1.29, 1.82) is 0 Å². The number of hydrogen-bond acceptors (Lipinski definition) is 2. The third-order valence-electron chi connectivity index (χ3n) is 2.67. The summed E-state index contributed by atoms with van der Waals surface area (Å²) in [6, 6.07) is 5.79. The lowest BCUT2D eigenvalue weighted by Gasteiger charge is -2.15. The largest absolute Gasteiger partial charge is 0.491 e. The van der Waals surface area contributed by atoms with Gasteiger partial charge in [-0.1, -0.05) is 37.0 Å². The van der Waals surface area contributed by atoms with Gasteiger partial charge in [-0.05, 0) is 25.0 Å². The van der Waals surface area contributed by atoms with Crippen molar-refractivity contribution in [1.82, 2.24) is 5.32 Å². The highest BCUT2D eigenvalue weighted by atomic mass is 35.5. The zero-order valence-corrected chi connectivity index (χ0v) is 11.8. The molecule has 1 aromatic carbocycles. The summed E-state index contributed by atoms with van der Waals surface area (Å²) in [6.07, 6.45) is 2.27. The molecule has 0 unspecified atom stereocenters. The number of benzene rings is 1. The van der Waals surface area contributed by atoms with Gasteiger partial charge in [0.15, 0.2) is 0 Å². The van der Waals surface area contributed by atoms with Crippen molar-refractivity contribution in [3.05, 3.63) is 28.2 Å². The molecule has 1 rings (SSSR count). The van der Waals surface area contributed by atoms with Gasteiger partial charge >= 0.3 is 0 Å². The summed E-state index contributed by atoms with van der Waals surface area (Å²) in [5.41, 5.74) is 0. The molecule has 0 bridgehead atoms. The number of halogens is 2. The minimum atomic E-state index is 0.563. The normalized spacial score (nSPS) is 10.9. The minimum Gasteiger partial charge on any atom is -0.491 e. The van der Waals surface area contributed by atoms with E-state index in [4.69, 9.17) is 27.9 Å². The fourth-order valence-electron chi connectivity index (χ4n) is 1.59. The van der Waals surface area contributed by atoms with E-state index >= 15 is 0 Å². The lowest BCUT2D eigenvalue weighted by atomic mass is 10.2. The van der Waals surface area contributed by atoms with Gasteiger partial charge < -0.3 is 10.1 Å². The highest BCUT2D eigenvalue weighted by Gasteiger charge is 2.04. The van der Waals surface area contributed by atoms with Gasteiger partial charge in [0.05, 0.1) is 5.02 Å². The third-order valence-corrected chi connectivity index (χ3v) is 3.22. The Bertz CT molecular complexity index is 340. The summed E-state index contributed by atoms with van der Waals surface area (Å²) in [5.74, 6) is 0.644. The first-order chi connectivity index (χ1) is 8.17. The Morgan fingerprint density at radius 1 is 1.24 bits per heavy atom. The molecule has 0 saturated heterocycles. The molecule has 0 aliphatic rings. The maximum atomic E-state index is 5.99. The van der Waals surface area contributed by atoms with Crippen LogP contribution >= 0.6 is 23.2 Å². The average molecular weight is 276 g/mol. The van der Waals surface area contributed by atoms with Crippen molar-refractivity contribution in [2.75, 3.05) is 13.2 Å². The molecule has 96 valence electrons. The van der Waals surface area contributed by atoms with Gasteiger partial charge in [0.25, 0.3) is 0 Å². The molecule has 4 heteroatoms. The highest BCUT2D eigenvalue weighted by molar-refractivity contribution is 6.34. The van der Waals surface area contributed by atoms with Crippen LogP contribution < -0.4 is 10.1 Å². The zero-order chi connectivity index (χ0) is 12.7. The van der Waals surface area contributed by atoms with E-state index in [1.54, 1.807) is 18.2 Å². The van der Waals surface area contributed by atoms with Crippen LogP contribution in [0.2, 0.25) is 10.0 Å². The molecule has 0 spiro atoms. The molecule has 1 N–H and O–H groups in total. The van der Waals surface area contributed by atoms with Crippen molar-refractivity contribution < 1.29 is 4.74 Å². The second kappa shape index (κ2) is 7.80. The summed E-state index contributed by atoms with van der Waals surface area (Å²) in [6.45, 7) is 5.76. The fourth-order valence-corrected chi connectivity index (χ4v) is 1.92. The Morgan fingerprint density at radius 3 is 2.59 bits per heavy atom. The van der Waals surface area contributed by atoms with Crippen LogP contribution in [0.5, 0.6) is 5.75 Å². The zero-order valence-electron chi connectivity index (χ0n) is 10.3. The van der Waals surface area contributed by atoms with E-state index in [1.807, 2.05) is 0 Å². The van der Waals surface area contributed by atoms with E-state index in [1.165, 1.54) is 0 Å². The first-order valence-corrected chi connectivity index (χ1v) is 6.74. The second-order valence-corrected chi connectivity index (χ2v) is 4.73. The number of rotatable bonds is 7. The smallest absolute Gasteiger partial charge is 0.139 e. The van der Waals surface area contributed by atoms with Crippen molar-refractivity contribution >= 4 is 23.2 Å².